The molecule has 1 aliphatic rings. The highest BCUT2D eigenvalue weighted by molar-refractivity contribution is 6.32. The van der Waals surface area contributed by atoms with Gasteiger partial charge in [-0.25, -0.2) is 9.18 Å². The van der Waals surface area contributed by atoms with Crippen LogP contribution in [0.3, 0.4) is 0 Å². The smallest absolute Gasteiger partial charge is 0.328 e. The molecule has 1 saturated heterocycles. The Morgan fingerprint density at radius 2 is 1.97 bits per heavy atom. The first-order valence-corrected chi connectivity index (χ1v) is 9.07. The molecule has 3 rings (SSSR count). The number of rotatable bonds is 6. The van der Waals surface area contributed by atoms with Crippen molar-refractivity contribution >= 4 is 41.2 Å². The molecule has 7 nitrogen and oxygen atoms in total. The van der Waals surface area contributed by atoms with Crippen molar-refractivity contribution in [2.45, 2.75) is 6.92 Å². The molecule has 2 aromatic carbocycles. The molecule has 0 atom stereocenters. The molecule has 0 radical (unpaired) electrons. The van der Waals surface area contributed by atoms with Gasteiger partial charge in [0.2, 0.25) is 0 Å². The highest BCUT2D eigenvalue weighted by atomic mass is 35.5. The summed E-state index contributed by atoms with van der Waals surface area (Å²) < 4.78 is 18.3. The molecular weight excluding hydrogens is 401 g/mol. The molecule has 0 unspecified atom stereocenters. The summed E-state index contributed by atoms with van der Waals surface area (Å²) in [5.41, 5.74) is 1.18. The highest BCUT2D eigenvalue weighted by Gasteiger charge is 2.31. The van der Waals surface area contributed by atoms with Crippen LogP contribution in [0.25, 0.3) is 6.08 Å². The Kier molecular flexibility index (Phi) is 6.13. The van der Waals surface area contributed by atoms with E-state index in [1.54, 1.807) is 25.1 Å². The number of likely N-dealkylation sites (N-methyl/N-ethyl adjacent to an activating group) is 1. The Labute approximate surface area is 171 Å². The van der Waals surface area contributed by atoms with Gasteiger partial charge >= 0.3 is 6.03 Å². The summed E-state index contributed by atoms with van der Waals surface area (Å²) in [6.45, 7) is 1.68. The fourth-order valence-electron chi connectivity index (χ4n) is 2.62. The number of anilines is 1. The molecule has 0 saturated carbocycles. The van der Waals surface area contributed by atoms with Crippen molar-refractivity contribution in [1.82, 2.24) is 10.2 Å². The van der Waals surface area contributed by atoms with E-state index in [1.165, 1.54) is 30.3 Å². The van der Waals surface area contributed by atoms with Gasteiger partial charge in [0.15, 0.2) is 6.61 Å². The van der Waals surface area contributed by atoms with Gasteiger partial charge in [-0.3, -0.25) is 14.5 Å². The minimum Gasteiger partial charge on any atom is -0.482 e. The molecular formula is C20H17ClFN3O4. The second-order valence-electron chi connectivity index (χ2n) is 6.07. The molecule has 1 fully saturated rings. The summed E-state index contributed by atoms with van der Waals surface area (Å²) in [6, 6.07) is 9.61. The number of nitrogens with one attached hydrogen (secondary N) is 2. The fraction of sp³-hybridized carbons (Fsp3) is 0.150. The lowest BCUT2D eigenvalue weighted by atomic mass is 10.2. The normalized spacial score (nSPS) is 14.9. The summed E-state index contributed by atoms with van der Waals surface area (Å²) in [5.74, 6) is -0.966. The average molecular weight is 418 g/mol. The van der Waals surface area contributed by atoms with Gasteiger partial charge in [0.1, 0.15) is 17.3 Å². The lowest BCUT2D eigenvalue weighted by Gasteiger charge is -2.09. The Balaban J connectivity index is 1.62. The predicted octanol–water partition coefficient (Wildman–Crippen LogP) is 3.41. The molecule has 2 aromatic rings. The van der Waals surface area contributed by atoms with Crippen molar-refractivity contribution < 1.29 is 23.5 Å². The maximum atomic E-state index is 12.9. The standard InChI is InChI=1S/C20H17ClFN3O4/c1-2-25-19(27)16(24-20(25)28)10-12-3-8-17(15(21)9-12)29-11-18(26)23-14-6-4-13(22)5-7-14/h3-10H,2,11H2,1H3,(H,23,26)(H,24,28)/b16-10+. The predicted molar refractivity (Wildman–Crippen MR) is 106 cm³/mol. The summed E-state index contributed by atoms with van der Waals surface area (Å²) in [5, 5.41) is 5.31. The Bertz CT molecular complexity index is 992. The summed E-state index contributed by atoms with van der Waals surface area (Å²) in [7, 11) is 0. The lowest BCUT2D eigenvalue weighted by Crippen LogP contribution is -2.30. The zero-order valence-electron chi connectivity index (χ0n) is 15.4. The van der Waals surface area contributed by atoms with Crippen molar-refractivity contribution in [1.29, 1.82) is 0 Å². The topological polar surface area (TPSA) is 87.7 Å². The van der Waals surface area contributed by atoms with Gasteiger partial charge in [-0.2, -0.15) is 0 Å². The molecule has 2 N–H and O–H groups in total. The number of imide groups is 1. The van der Waals surface area contributed by atoms with Crippen LogP contribution in [-0.2, 0) is 9.59 Å². The number of amides is 4. The Morgan fingerprint density at radius 3 is 2.59 bits per heavy atom. The van der Waals surface area contributed by atoms with E-state index in [0.717, 1.165) is 4.90 Å². The molecule has 4 amide bonds. The van der Waals surface area contributed by atoms with E-state index in [1.807, 2.05) is 0 Å². The first-order chi connectivity index (χ1) is 13.9. The molecule has 9 heteroatoms. The quantitative estimate of drug-likeness (QED) is 0.557. The van der Waals surface area contributed by atoms with Crippen LogP contribution in [-0.4, -0.2) is 35.9 Å². The van der Waals surface area contributed by atoms with Crippen LogP contribution in [0.1, 0.15) is 12.5 Å². The van der Waals surface area contributed by atoms with E-state index >= 15 is 0 Å². The Hall–Kier alpha value is -3.39. The zero-order chi connectivity index (χ0) is 21.0. The summed E-state index contributed by atoms with van der Waals surface area (Å²) >= 11 is 6.19. The number of carbonyl (C=O) groups excluding carboxylic acids is 3. The molecule has 0 aromatic heterocycles. The minimum absolute atomic E-state index is 0.153. The number of benzene rings is 2. The summed E-state index contributed by atoms with van der Waals surface area (Å²) in [6.07, 6.45) is 1.51. The average Bonchev–Trinajstić information content (AvgIpc) is 2.95. The van der Waals surface area contributed by atoms with E-state index < -0.39 is 23.7 Å². The number of hydrogen-bond donors (Lipinski definition) is 2. The van der Waals surface area contributed by atoms with Gasteiger partial charge < -0.3 is 15.4 Å². The van der Waals surface area contributed by atoms with Gasteiger partial charge in [0.25, 0.3) is 11.8 Å². The molecule has 0 spiro atoms. The van der Waals surface area contributed by atoms with Gasteiger partial charge in [-0.1, -0.05) is 17.7 Å². The maximum absolute atomic E-state index is 12.9. The van der Waals surface area contributed by atoms with Gasteiger partial charge in [0.05, 0.1) is 5.02 Å². The zero-order valence-corrected chi connectivity index (χ0v) is 16.1. The first-order valence-electron chi connectivity index (χ1n) is 8.69. The van der Waals surface area contributed by atoms with E-state index in [0.29, 0.717) is 11.3 Å². The van der Waals surface area contributed by atoms with E-state index in [2.05, 4.69) is 10.6 Å². The maximum Gasteiger partial charge on any atom is 0.328 e. The van der Waals surface area contributed by atoms with Crippen molar-refractivity contribution in [2.75, 3.05) is 18.5 Å². The van der Waals surface area contributed by atoms with E-state index in [-0.39, 0.29) is 29.6 Å². The van der Waals surface area contributed by atoms with Crippen LogP contribution in [0.2, 0.25) is 5.02 Å². The number of ether oxygens (including phenoxy) is 1. The highest BCUT2D eigenvalue weighted by Crippen LogP contribution is 2.27. The molecule has 1 heterocycles. The second-order valence-corrected chi connectivity index (χ2v) is 6.48. The number of carbonyl (C=O) groups is 3. The summed E-state index contributed by atoms with van der Waals surface area (Å²) in [4.78, 5) is 36.8. The first kappa shape index (κ1) is 20.3. The molecule has 150 valence electrons. The molecule has 0 bridgehead atoms. The Morgan fingerprint density at radius 1 is 1.24 bits per heavy atom. The van der Waals surface area contributed by atoms with E-state index in [4.69, 9.17) is 16.3 Å². The van der Waals surface area contributed by atoms with Gasteiger partial charge in [-0.05, 0) is 55.0 Å². The molecule has 29 heavy (non-hydrogen) atoms. The van der Waals surface area contributed by atoms with Crippen molar-refractivity contribution in [3.05, 3.63) is 64.6 Å². The van der Waals surface area contributed by atoms with Gasteiger partial charge in [0, 0.05) is 12.2 Å². The monoisotopic (exact) mass is 417 g/mol. The number of halogens is 2. The molecule has 1 aliphatic heterocycles. The van der Waals surface area contributed by atoms with Crippen LogP contribution in [0.5, 0.6) is 5.75 Å². The third-order valence-corrected chi connectivity index (χ3v) is 4.33. The van der Waals surface area contributed by atoms with Crippen LogP contribution >= 0.6 is 11.6 Å². The van der Waals surface area contributed by atoms with Crippen molar-refractivity contribution in [3.8, 4) is 5.75 Å². The van der Waals surface area contributed by atoms with Crippen LogP contribution < -0.4 is 15.4 Å². The number of nitrogens with zero attached hydrogens (tertiary/aromatic N) is 1. The third-order valence-electron chi connectivity index (χ3n) is 4.03. The van der Waals surface area contributed by atoms with Gasteiger partial charge in [-0.15, -0.1) is 0 Å². The second kappa shape index (κ2) is 8.74. The van der Waals surface area contributed by atoms with Crippen LogP contribution in [0.15, 0.2) is 48.2 Å². The van der Waals surface area contributed by atoms with Crippen LogP contribution in [0, 0.1) is 5.82 Å². The largest absolute Gasteiger partial charge is 0.482 e. The minimum atomic E-state index is -0.470. The molecule has 0 aliphatic carbocycles. The van der Waals surface area contributed by atoms with Crippen molar-refractivity contribution in [2.24, 2.45) is 0 Å². The van der Waals surface area contributed by atoms with Crippen LogP contribution in [0.4, 0.5) is 14.9 Å². The lowest BCUT2D eigenvalue weighted by molar-refractivity contribution is -0.122. The van der Waals surface area contributed by atoms with E-state index in [9.17, 15) is 18.8 Å². The SMILES string of the molecule is CCN1C(=O)N/C(=C/c2ccc(OCC(=O)Nc3ccc(F)cc3)c(Cl)c2)C1=O. The fourth-order valence-corrected chi connectivity index (χ4v) is 2.87. The number of urea groups is 1. The number of hydrogen-bond acceptors (Lipinski definition) is 4. The third kappa shape index (κ3) is 4.91. The van der Waals surface area contributed by atoms with Crippen molar-refractivity contribution in [3.63, 3.8) is 0 Å².